The van der Waals surface area contributed by atoms with Crippen molar-refractivity contribution in [1.29, 1.82) is 0 Å². The molecular weight excluding hydrogens is 363 g/mol. The molecule has 1 aliphatic heterocycles. The Balaban J connectivity index is 1.90. The van der Waals surface area contributed by atoms with Crippen LogP contribution in [0.25, 0.3) is 5.69 Å². The second kappa shape index (κ2) is 7.03. The molecular formula is C17H18ClFN4O3. The molecule has 2 unspecified atom stereocenters. The van der Waals surface area contributed by atoms with Crippen molar-refractivity contribution >= 4 is 23.5 Å². The molecule has 0 aliphatic carbocycles. The van der Waals surface area contributed by atoms with E-state index in [2.05, 4.69) is 10.3 Å². The summed E-state index contributed by atoms with van der Waals surface area (Å²) in [5.41, 5.74) is 1.10. The molecule has 1 aromatic carbocycles. The Morgan fingerprint density at radius 1 is 1.35 bits per heavy atom. The van der Waals surface area contributed by atoms with Crippen LogP contribution >= 0.6 is 11.6 Å². The number of carboxylic acid groups (broad SMARTS) is 1. The maximum atomic E-state index is 13.4. The maximum Gasteiger partial charge on any atom is 0.308 e. The number of rotatable bonds is 3. The summed E-state index contributed by atoms with van der Waals surface area (Å²) in [6, 6.07) is 4.02. The standard InChI is InChI=1S/C17H18ClFN4O3/c1-9-3-4-11(17(25)26)8-22(9)16(24)15-10(2)23(21-20-15)12-5-6-14(19)13(18)7-12/h5-7,9,11H,3-4,8H2,1-2H3,(H,25,26). The highest BCUT2D eigenvalue weighted by Crippen LogP contribution is 2.25. The Morgan fingerprint density at radius 3 is 2.73 bits per heavy atom. The van der Waals surface area contributed by atoms with Crippen LogP contribution in [0.3, 0.4) is 0 Å². The van der Waals surface area contributed by atoms with E-state index in [0.29, 0.717) is 24.2 Å². The lowest BCUT2D eigenvalue weighted by molar-refractivity contribution is -0.143. The molecule has 1 N–H and O–H groups in total. The highest BCUT2D eigenvalue weighted by atomic mass is 35.5. The summed E-state index contributed by atoms with van der Waals surface area (Å²) >= 11 is 5.80. The monoisotopic (exact) mass is 380 g/mol. The number of hydrogen-bond acceptors (Lipinski definition) is 4. The van der Waals surface area contributed by atoms with Crippen molar-refractivity contribution in [3.05, 3.63) is 40.4 Å². The van der Waals surface area contributed by atoms with Crippen molar-refractivity contribution in [2.75, 3.05) is 6.54 Å². The van der Waals surface area contributed by atoms with Gasteiger partial charge in [-0.05, 0) is 44.9 Å². The summed E-state index contributed by atoms with van der Waals surface area (Å²) < 4.78 is 14.8. The number of hydrogen-bond donors (Lipinski definition) is 1. The molecule has 138 valence electrons. The molecule has 1 saturated heterocycles. The third kappa shape index (κ3) is 3.29. The fraction of sp³-hybridized carbons (Fsp3) is 0.412. The van der Waals surface area contributed by atoms with Crippen molar-refractivity contribution in [3.8, 4) is 5.69 Å². The molecule has 7 nitrogen and oxygen atoms in total. The number of carbonyl (C=O) groups is 2. The first kappa shape index (κ1) is 18.3. The first-order valence-electron chi connectivity index (χ1n) is 8.21. The summed E-state index contributed by atoms with van der Waals surface area (Å²) in [5.74, 6) is -2.40. The number of nitrogens with zero attached hydrogens (tertiary/aromatic N) is 4. The predicted octanol–water partition coefficient (Wildman–Crippen LogP) is 2.69. The van der Waals surface area contributed by atoms with Crippen molar-refractivity contribution < 1.29 is 19.1 Å². The Morgan fingerprint density at radius 2 is 2.08 bits per heavy atom. The van der Waals surface area contributed by atoms with Crippen LogP contribution in [0.1, 0.15) is 35.9 Å². The number of benzene rings is 1. The third-order valence-electron chi connectivity index (χ3n) is 4.74. The number of piperidine rings is 1. The van der Waals surface area contributed by atoms with Crippen LogP contribution in [0.2, 0.25) is 5.02 Å². The van der Waals surface area contributed by atoms with Gasteiger partial charge in [0.15, 0.2) is 5.69 Å². The number of likely N-dealkylation sites (tertiary alicyclic amines) is 1. The molecule has 26 heavy (non-hydrogen) atoms. The normalized spacial score (nSPS) is 20.2. The number of carbonyl (C=O) groups excluding carboxylic acids is 1. The van der Waals surface area contributed by atoms with Gasteiger partial charge in [-0.2, -0.15) is 0 Å². The summed E-state index contributed by atoms with van der Waals surface area (Å²) in [6.07, 6.45) is 1.16. The van der Waals surface area contributed by atoms with Gasteiger partial charge >= 0.3 is 5.97 Å². The minimum atomic E-state index is -0.906. The molecule has 2 atom stereocenters. The number of amides is 1. The van der Waals surface area contributed by atoms with Crippen LogP contribution in [-0.4, -0.2) is 49.5 Å². The zero-order valence-electron chi connectivity index (χ0n) is 14.3. The van der Waals surface area contributed by atoms with Crippen molar-refractivity contribution in [2.24, 2.45) is 5.92 Å². The highest BCUT2D eigenvalue weighted by molar-refractivity contribution is 6.30. The first-order chi connectivity index (χ1) is 12.3. The first-order valence-corrected chi connectivity index (χ1v) is 8.59. The van der Waals surface area contributed by atoms with Gasteiger partial charge in [-0.15, -0.1) is 5.10 Å². The molecule has 3 rings (SSSR count). The average Bonchev–Trinajstić information content (AvgIpc) is 2.98. The third-order valence-corrected chi connectivity index (χ3v) is 5.03. The van der Waals surface area contributed by atoms with E-state index in [1.54, 1.807) is 6.92 Å². The lowest BCUT2D eigenvalue weighted by Crippen LogP contribution is -2.47. The molecule has 2 heterocycles. The maximum absolute atomic E-state index is 13.4. The van der Waals surface area contributed by atoms with Gasteiger partial charge in [0.1, 0.15) is 5.82 Å². The van der Waals surface area contributed by atoms with E-state index in [0.717, 1.165) is 0 Å². The second-order valence-electron chi connectivity index (χ2n) is 6.45. The van der Waals surface area contributed by atoms with Gasteiger partial charge in [0.2, 0.25) is 0 Å². The summed E-state index contributed by atoms with van der Waals surface area (Å²) in [6.45, 7) is 3.70. The Kier molecular flexibility index (Phi) is 4.95. The van der Waals surface area contributed by atoms with E-state index in [1.165, 1.54) is 27.8 Å². The van der Waals surface area contributed by atoms with Crippen LogP contribution < -0.4 is 0 Å². The molecule has 0 spiro atoms. The molecule has 0 radical (unpaired) electrons. The molecule has 0 bridgehead atoms. The SMILES string of the molecule is Cc1c(C(=O)N2CC(C(=O)O)CCC2C)nnn1-c1ccc(F)c(Cl)c1. The second-order valence-corrected chi connectivity index (χ2v) is 6.86. The smallest absolute Gasteiger partial charge is 0.308 e. The predicted molar refractivity (Wildman–Crippen MR) is 91.9 cm³/mol. The van der Waals surface area contributed by atoms with Gasteiger partial charge in [-0.1, -0.05) is 16.8 Å². The molecule has 1 aromatic heterocycles. The van der Waals surface area contributed by atoms with Gasteiger partial charge in [-0.3, -0.25) is 9.59 Å². The molecule has 0 saturated carbocycles. The fourth-order valence-corrected chi connectivity index (χ4v) is 3.29. The van der Waals surface area contributed by atoms with Crippen LogP contribution in [-0.2, 0) is 4.79 Å². The van der Waals surface area contributed by atoms with Crippen LogP contribution in [0, 0.1) is 18.7 Å². The lowest BCUT2D eigenvalue weighted by atomic mass is 9.93. The van der Waals surface area contributed by atoms with Crippen LogP contribution in [0.4, 0.5) is 4.39 Å². The Bertz CT molecular complexity index is 870. The lowest BCUT2D eigenvalue weighted by Gasteiger charge is -2.36. The quantitative estimate of drug-likeness (QED) is 0.884. The number of halogens is 2. The Labute approximate surface area is 154 Å². The van der Waals surface area contributed by atoms with E-state index in [4.69, 9.17) is 11.6 Å². The number of aliphatic carboxylic acids is 1. The van der Waals surface area contributed by atoms with Gasteiger partial charge in [0, 0.05) is 12.6 Å². The summed E-state index contributed by atoms with van der Waals surface area (Å²) in [5, 5.41) is 17.1. The van der Waals surface area contributed by atoms with E-state index in [9.17, 15) is 19.1 Å². The zero-order valence-corrected chi connectivity index (χ0v) is 15.1. The topological polar surface area (TPSA) is 88.3 Å². The van der Waals surface area contributed by atoms with Crippen molar-refractivity contribution in [2.45, 2.75) is 32.7 Å². The number of carboxylic acids is 1. The molecule has 2 aromatic rings. The minimum absolute atomic E-state index is 0.0563. The largest absolute Gasteiger partial charge is 0.481 e. The molecule has 1 aliphatic rings. The zero-order chi connectivity index (χ0) is 19.0. The van der Waals surface area contributed by atoms with Crippen LogP contribution in [0.5, 0.6) is 0 Å². The summed E-state index contributed by atoms with van der Waals surface area (Å²) in [7, 11) is 0. The average molecular weight is 381 g/mol. The van der Waals surface area contributed by atoms with E-state index < -0.39 is 17.7 Å². The van der Waals surface area contributed by atoms with E-state index >= 15 is 0 Å². The van der Waals surface area contributed by atoms with Gasteiger partial charge < -0.3 is 10.0 Å². The van der Waals surface area contributed by atoms with E-state index in [1.807, 2.05) is 6.92 Å². The van der Waals surface area contributed by atoms with Crippen molar-refractivity contribution in [1.82, 2.24) is 19.9 Å². The highest BCUT2D eigenvalue weighted by Gasteiger charge is 2.34. The molecule has 1 amide bonds. The Hall–Kier alpha value is -2.48. The number of aromatic nitrogens is 3. The fourth-order valence-electron chi connectivity index (χ4n) is 3.12. The van der Waals surface area contributed by atoms with Gasteiger partial charge in [-0.25, -0.2) is 9.07 Å². The molecule has 1 fully saturated rings. The van der Waals surface area contributed by atoms with Gasteiger partial charge in [0.05, 0.1) is 22.3 Å². The molecule has 9 heteroatoms. The summed E-state index contributed by atoms with van der Waals surface area (Å²) in [4.78, 5) is 25.7. The van der Waals surface area contributed by atoms with Crippen LogP contribution in [0.15, 0.2) is 18.2 Å². The van der Waals surface area contributed by atoms with Gasteiger partial charge in [0.25, 0.3) is 5.91 Å². The van der Waals surface area contributed by atoms with E-state index in [-0.39, 0.29) is 29.2 Å². The van der Waals surface area contributed by atoms with Crippen molar-refractivity contribution in [3.63, 3.8) is 0 Å². The minimum Gasteiger partial charge on any atom is -0.481 e.